The maximum absolute atomic E-state index is 13.0. The van der Waals surface area contributed by atoms with E-state index in [-0.39, 0.29) is 24.0 Å². The molecule has 1 atom stereocenters. The van der Waals surface area contributed by atoms with Crippen LogP contribution in [0.3, 0.4) is 0 Å². The third kappa shape index (κ3) is 4.80. The topological polar surface area (TPSA) is 92.9 Å². The summed E-state index contributed by atoms with van der Waals surface area (Å²) < 4.78 is 15.0. The third-order valence-electron chi connectivity index (χ3n) is 6.85. The van der Waals surface area contributed by atoms with E-state index in [0.717, 1.165) is 35.1 Å². The van der Waals surface area contributed by atoms with Crippen molar-refractivity contribution < 1.29 is 13.8 Å². The van der Waals surface area contributed by atoms with E-state index in [2.05, 4.69) is 40.4 Å². The monoisotopic (exact) mass is 505 g/mol. The zero-order valence-electron chi connectivity index (χ0n) is 20.5. The molecule has 0 bridgehead atoms. The van der Waals surface area contributed by atoms with Crippen molar-refractivity contribution in [2.24, 2.45) is 5.92 Å². The summed E-state index contributed by atoms with van der Waals surface area (Å²) in [6.07, 6.45) is 3.48. The molecule has 1 aliphatic carbocycles. The molecule has 0 saturated heterocycles. The zero-order valence-corrected chi connectivity index (χ0v) is 21.3. The number of hydrogen-bond donors (Lipinski definition) is 2. The number of aromatic nitrogens is 4. The number of carboxylic acids is 1. The molecule has 0 amide bonds. The van der Waals surface area contributed by atoms with Crippen LogP contribution in [-0.2, 0) is 6.54 Å². The minimum Gasteiger partial charge on any atom is -0.475 e. The van der Waals surface area contributed by atoms with Crippen LogP contribution in [0.1, 0.15) is 53.5 Å². The molecule has 7 nitrogen and oxygen atoms in total. The standard InChI is InChI=1S/C27H28FN5O2S/c1-15-11-16(2)13-20(12-15)26-32-24-22(33(26)14-18-7-9-21(36-28)10-8-18)23(30-25(31-24)27(34)35)29-17(3)19-5-4-6-19/h7-13,17,19H,4-6,14H2,1-3H3,(H,34,35)(H,29,30,31)/t17-/m1/s1. The molecule has 9 heteroatoms. The van der Waals surface area contributed by atoms with Crippen molar-refractivity contribution in [2.75, 3.05) is 5.32 Å². The van der Waals surface area contributed by atoms with Crippen molar-refractivity contribution in [3.05, 3.63) is 65.0 Å². The third-order valence-corrected chi connectivity index (χ3v) is 7.30. The Balaban J connectivity index is 1.71. The highest BCUT2D eigenvalue weighted by Crippen LogP contribution is 2.34. The highest BCUT2D eigenvalue weighted by atomic mass is 32.2. The number of halogens is 1. The van der Waals surface area contributed by atoms with Gasteiger partial charge in [-0.3, -0.25) is 0 Å². The summed E-state index contributed by atoms with van der Waals surface area (Å²) in [6, 6.07) is 13.6. The SMILES string of the molecule is Cc1cc(C)cc(-c2nc3nc(C(=O)O)nc(N[C@H](C)C4CCC4)c3n2Cc2ccc(SF)cc2)c1. The highest BCUT2D eigenvalue weighted by molar-refractivity contribution is 7.94. The van der Waals surface area contributed by atoms with Gasteiger partial charge in [-0.1, -0.05) is 35.7 Å². The van der Waals surface area contributed by atoms with Crippen LogP contribution in [0.25, 0.3) is 22.6 Å². The van der Waals surface area contributed by atoms with Crippen molar-refractivity contribution in [1.29, 1.82) is 0 Å². The molecular formula is C27H28FN5O2S. The maximum atomic E-state index is 13.0. The highest BCUT2D eigenvalue weighted by Gasteiger charge is 2.27. The van der Waals surface area contributed by atoms with E-state index in [9.17, 15) is 13.8 Å². The Morgan fingerprint density at radius 1 is 1.14 bits per heavy atom. The number of aryl methyl sites for hydroxylation is 2. The Labute approximate surface area is 213 Å². The lowest BCUT2D eigenvalue weighted by Crippen LogP contribution is -2.31. The molecule has 2 aromatic heterocycles. The summed E-state index contributed by atoms with van der Waals surface area (Å²) in [5.41, 5.74) is 5.05. The first-order valence-corrected chi connectivity index (χ1v) is 12.8. The predicted molar refractivity (Wildman–Crippen MR) is 140 cm³/mol. The van der Waals surface area contributed by atoms with E-state index in [4.69, 9.17) is 4.98 Å². The van der Waals surface area contributed by atoms with Crippen molar-refractivity contribution in [1.82, 2.24) is 19.5 Å². The second-order valence-electron chi connectivity index (χ2n) is 9.62. The first-order chi connectivity index (χ1) is 17.3. The molecule has 0 unspecified atom stereocenters. The van der Waals surface area contributed by atoms with Gasteiger partial charge in [-0.15, -0.1) is 0 Å². The Morgan fingerprint density at radius 3 is 2.42 bits per heavy atom. The van der Waals surface area contributed by atoms with E-state index in [1.54, 1.807) is 12.1 Å². The normalized spacial score (nSPS) is 14.6. The van der Waals surface area contributed by atoms with E-state index in [1.165, 1.54) is 6.42 Å². The fourth-order valence-corrected chi connectivity index (χ4v) is 5.05. The maximum Gasteiger partial charge on any atom is 0.374 e. The van der Waals surface area contributed by atoms with Crippen LogP contribution in [0.4, 0.5) is 9.70 Å². The van der Waals surface area contributed by atoms with Gasteiger partial charge in [0.15, 0.2) is 11.5 Å². The van der Waals surface area contributed by atoms with Crippen LogP contribution in [0, 0.1) is 19.8 Å². The van der Waals surface area contributed by atoms with Crippen LogP contribution in [0.5, 0.6) is 0 Å². The molecule has 2 N–H and O–H groups in total. The average molecular weight is 506 g/mol. The molecule has 5 rings (SSSR count). The van der Waals surface area contributed by atoms with Gasteiger partial charge in [0.2, 0.25) is 5.82 Å². The number of rotatable bonds is 8. The minimum atomic E-state index is -1.20. The van der Waals surface area contributed by atoms with Crippen molar-refractivity contribution in [2.45, 2.75) is 57.5 Å². The number of anilines is 1. The second kappa shape index (κ2) is 9.89. The Bertz CT molecular complexity index is 1410. The molecule has 36 heavy (non-hydrogen) atoms. The molecule has 2 heterocycles. The number of carbonyl (C=O) groups is 1. The molecule has 186 valence electrons. The zero-order chi connectivity index (χ0) is 25.4. The lowest BCUT2D eigenvalue weighted by atomic mass is 9.80. The lowest BCUT2D eigenvalue weighted by molar-refractivity contribution is 0.0684. The van der Waals surface area contributed by atoms with Gasteiger partial charge in [0, 0.05) is 23.0 Å². The summed E-state index contributed by atoms with van der Waals surface area (Å²) >= 11 is 0.210. The number of nitrogens with one attached hydrogen (secondary N) is 1. The molecule has 0 aliphatic heterocycles. The van der Waals surface area contributed by atoms with Crippen LogP contribution in [0.2, 0.25) is 0 Å². The summed E-state index contributed by atoms with van der Waals surface area (Å²) in [4.78, 5) is 26.0. The summed E-state index contributed by atoms with van der Waals surface area (Å²) in [6.45, 7) is 6.62. The summed E-state index contributed by atoms with van der Waals surface area (Å²) in [5, 5.41) is 13.2. The number of nitrogens with zero attached hydrogens (tertiary/aromatic N) is 4. The summed E-state index contributed by atoms with van der Waals surface area (Å²) in [7, 11) is 0. The van der Waals surface area contributed by atoms with Gasteiger partial charge in [0.05, 0.1) is 12.1 Å². The Hall–Kier alpha value is -3.46. The first-order valence-electron chi connectivity index (χ1n) is 12.1. The van der Waals surface area contributed by atoms with Crippen LogP contribution >= 0.6 is 12.1 Å². The van der Waals surface area contributed by atoms with E-state index in [1.807, 2.05) is 30.5 Å². The number of carboxylic acid groups (broad SMARTS) is 1. The van der Waals surface area contributed by atoms with Gasteiger partial charge >= 0.3 is 5.97 Å². The van der Waals surface area contributed by atoms with Crippen molar-refractivity contribution >= 4 is 35.1 Å². The van der Waals surface area contributed by atoms with Gasteiger partial charge in [-0.05, 0) is 69.4 Å². The lowest BCUT2D eigenvalue weighted by Gasteiger charge is -2.32. The second-order valence-corrected chi connectivity index (χ2v) is 10.2. The molecule has 2 aromatic carbocycles. The van der Waals surface area contributed by atoms with E-state index < -0.39 is 5.97 Å². The van der Waals surface area contributed by atoms with Crippen LogP contribution in [0.15, 0.2) is 47.4 Å². The number of fused-ring (bicyclic) bond motifs is 1. The molecule has 0 spiro atoms. The molecule has 1 aliphatic rings. The predicted octanol–water partition coefficient (Wildman–Crippen LogP) is 6.43. The average Bonchev–Trinajstić information content (AvgIpc) is 3.16. The van der Waals surface area contributed by atoms with Gasteiger partial charge in [-0.2, -0.15) is 3.89 Å². The van der Waals surface area contributed by atoms with Crippen LogP contribution < -0.4 is 5.32 Å². The molecule has 1 fully saturated rings. The van der Waals surface area contributed by atoms with Gasteiger partial charge in [0.1, 0.15) is 11.3 Å². The van der Waals surface area contributed by atoms with Crippen LogP contribution in [-0.4, -0.2) is 36.6 Å². The Kier molecular flexibility index (Phi) is 6.66. The van der Waals surface area contributed by atoms with Crippen molar-refractivity contribution in [3.8, 4) is 11.4 Å². The molecule has 1 saturated carbocycles. The number of hydrogen-bond acceptors (Lipinski definition) is 6. The largest absolute Gasteiger partial charge is 0.475 e. The summed E-state index contributed by atoms with van der Waals surface area (Å²) in [5.74, 6) is 0.182. The molecule has 0 radical (unpaired) electrons. The van der Waals surface area contributed by atoms with Gasteiger partial charge in [-0.25, -0.2) is 19.7 Å². The molecule has 4 aromatic rings. The number of imidazole rings is 1. The molecular weight excluding hydrogens is 477 g/mol. The quantitative estimate of drug-likeness (QED) is 0.285. The first kappa shape index (κ1) is 24.2. The number of aromatic carboxylic acids is 1. The van der Waals surface area contributed by atoms with E-state index in [0.29, 0.717) is 40.2 Å². The van der Waals surface area contributed by atoms with Gasteiger partial charge < -0.3 is 15.0 Å². The Morgan fingerprint density at radius 2 is 1.83 bits per heavy atom. The van der Waals surface area contributed by atoms with Crippen molar-refractivity contribution in [3.63, 3.8) is 0 Å². The van der Waals surface area contributed by atoms with Gasteiger partial charge in [0.25, 0.3) is 0 Å². The fourth-order valence-electron chi connectivity index (χ4n) is 4.81. The van der Waals surface area contributed by atoms with E-state index >= 15 is 0 Å². The smallest absolute Gasteiger partial charge is 0.374 e. The number of benzene rings is 2. The fraction of sp³-hybridized carbons (Fsp3) is 0.333. The minimum absolute atomic E-state index is 0.132.